The van der Waals surface area contributed by atoms with E-state index in [9.17, 15) is 9.18 Å². The summed E-state index contributed by atoms with van der Waals surface area (Å²) in [5, 5.41) is 16.0. The predicted molar refractivity (Wildman–Crippen MR) is 115 cm³/mol. The van der Waals surface area contributed by atoms with Gasteiger partial charge in [-0.3, -0.25) is 9.78 Å². The Balaban J connectivity index is 1.29. The van der Waals surface area contributed by atoms with Gasteiger partial charge in [-0.05, 0) is 47.5 Å². The zero-order valence-electron chi connectivity index (χ0n) is 15.9. The largest absolute Gasteiger partial charge is 0.356 e. The van der Waals surface area contributed by atoms with E-state index < -0.39 is 0 Å². The number of aromatic nitrogens is 3. The van der Waals surface area contributed by atoms with Crippen LogP contribution in [0, 0.1) is 5.82 Å². The van der Waals surface area contributed by atoms with Crippen LogP contribution in [0.4, 0.5) is 15.2 Å². The topological polar surface area (TPSA) is 79.8 Å². The fraction of sp³-hybridized carbons (Fsp3) is 0.0909. The van der Waals surface area contributed by atoms with Crippen LogP contribution in [0.15, 0.2) is 73.1 Å². The summed E-state index contributed by atoms with van der Waals surface area (Å²) in [6.45, 7) is 0.587. The molecule has 2 aromatic heterocycles. The Labute approximate surface area is 176 Å². The fourth-order valence-electron chi connectivity index (χ4n) is 2.76. The number of pyridine rings is 1. The molecule has 1 amide bonds. The van der Waals surface area contributed by atoms with Crippen LogP contribution in [-0.4, -0.2) is 21.1 Å². The molecule has 0 saturated carbocycles. The molecule has 4 rings (SSSR count). The standard InChI is InChI=1S/C22H18FN5OS/c23-18-5-1-15(2-6-18)13-20-27-28-22(30-20)25-14-16-3-7-19(8-4-16)26-21(29)17-9-11-24-12-10-17/h1-12H,13-14H2,(H,25,28)(H,26,29). The fourth-order valence-corrected chi connectivity index (χ4v) is 3.53. The molecule has 0 fully saturated rings. The number of hydrogen-bond acceptors (Lipinski definition) is 6. The van der Waals surface area contributed by atoms with Crippen LogP contribution < -0.4 is 10.6 Å². The van der Waals surface area contributed by atoms with Gasteiger partial charge in [0.15, 0.2) is 0 Å². The molecule has 0 atom stereocenters. The number of carbonyl (C=O) groups excluding carboxylic acids is 1. The number of amides is 1. The number of benzene rings is 2. The minimum Gasteiger partial charge on any atom is -0.356 e. The first-order chi connectivity index (χ1) is 14.7. The van der Waals surface area contributed by atoms with Gasteiger partial charge >= 0.3 is 0 Å². The second-order valence-corrected chi connectivity index (χ2v) is 7.61. The molecule has 0 saturated heterocycles. The van der Waals surface area contributed by atoms with Gasteiger partial charge in [0.05, 0.1) is 0 Å². The first-order valence-electron chi connectivity index (χ1n) is 9.27. The average molecular weight is 419 g/mol. The van der Waals surface area contributed by atoms with Crippen LogP contribution in [0.5, 0.6) is 0 Å². The zero-order valence-corrected chi connectivity index (χ0v) is 16.7. The molecule has 4 aromatic rings. The lowest BCUT2D eigenvalue weighted by Crippen LogP contribution is -2.11. The lowest BCUT2D eigenvalue weighted by Gasteiger charge is -2.07. The SMILES string of the molecule is O=C(Nc1ccc(CNc2nnc(Cc3ccc(F)cc3)s2)cc1)c1ccncc1. The van der Waals surface area contributed by atoms with E-state index in [0.717, 1.165) is 27.0 Å². The van der Waals surface area contributed by atoms with E-state index in [1.54, 1.807) is 36.7 Å². The Morgan fingerprint density at radius 1 is 0.900 bits per heavy atom. The molecule has 0 aliphatic carbocycles. The van der Waals surface area contributed by atoms with E-state index in [-0.39, 0.29) is 11.7 Å². The van der Waals surface area contributed by atoms with E-state index in [4.69, 9.17) is 0 Å². The number of rotatable bonds is 7. The van der Waals surface area contributed by atoms with Crippen LogP contribution in [0.2, 0.25) is 0 Å². The summed E-state index contributed by atoms with van der Waals surface area (Å²) >= 11 is 1.47. The molecule has 0 aliphatic heterocycles. The molecule has 0 bridgehead atoms. The molecule has 30 heavy (non-hydrogen) atoms. The second kappa shape index (κ2) is 9.23. The highest BCUT2D eigenvalue weighted by Crippen LogP contribution is 2.20. The van der Waals surface area contributed by atoms with Crippen LogP contribution in [0.1, 0.15) is 26.5 Å². The molecule has 0 spiro atoms. The van der Waals surface area contributed by atoms with E-state index >= 15 is 0 Å². The first kappa shape index (κ1) is 19.7. The molecule has 2 heterocycles. The van der Waals surface area contributed by atoms with Crippen LogP contribution in [0.3, 0.4) is 0 Å². The third-order valence-corrected chi connectivity index (χ3v) is 5.21. The van der Waals surface area contributed by atoms with Crippen LogP contribution in [0.25, 0.3) is 0 Å². The van der Waals surface area contributed by atoms with Crippen molar-refractivity contribution in [1.29, 1.82) is 0 Å². The number of anilines is 2. The molecular formula is C22H18FN5OS. The maximum absolute atomic E-state index is 13.0. The maximum Gasteiger partial charge on any atom is 0.255 e. The molecule has 0 unspecified atom stereocenters. The summed E-state index contributed by atoms with van der Waals surface area (Å²) in [5.74, 6) is -0.424. The van der Waals surface area contributed by atoms with Crippen molar-refractivity contribution in [3.05, 3.63) is 101 Å². The first-order valence-corrected chi connectivity index (χ1v) is 10.1. The summed E-state index contributed by atoms with van der Waals surface area (Å²) in [6.07, 6.45) is 3.79. The maximum atomic E-state index is 13.0. The highest BCUT2D eigenvalue weighted by Gasteiger charge is 2.07. The van der Waals surface area contributed by atoms with Crippen LogP contribution >= 0.6 is 11.3 Å². The number of carbonyl (C=O) groups is 1. The third-order valence-electron chi connectivity index (χ3n) is 4.33. The van der Waals surface area contributed by atoms with Gasteiger partial charge in [-0.2, -0.15) is 0 Å². The quantitative estimate of drug-likeness (QED) is 0.460. The molecule has 2 N–H and O–H groups in total. The summed E-state index contributed by atoms with van der Waals surface area (Å²) in [5.41, 5.74) is 3.32. The lowest BCUT2D eigenvalue weighted by molar-refractivity contribution is 0.102. The van der Waals surface area contributed by atoms with Crippen molar-refractivity contribution in [3.8, 4) is 0 Å². The zero-order chi connectivity index (χ0) is 20.8. The monoisotopic (exact) mass is 419 g/mol. The van der Waals surface area contributed by atoms with Gasteiger partial charge in [-0.25, -0.2) is 4.39 Å². The van der Waals surface area contributed by atoms with Crippen molar-refractivity contribution < 1.29 is 9.18 Å². The number of nitrogens with zero attached hydrogens (tertiary/aromatic N) is 3. The molecular weight excluding hydrogens is 401 g/mol. The number of hydrogen-bond donors (Lipinski definition) is 2. The molecule has 0 aliphatic rings. The van der Waals surface area contributed by atoms with Crippen molar-refractivity contribution in [2.24, 2.45) is 0 Å². The van der Waals surface area contributed by atoms with Gasteiger partial charge in [-0.15, -0.1) is 10.2 Å². The Morgan fingerprint density at radius 2 is 1.60 bits per heavy atom. The molecule has 6 nitrogen and oxygen atoms in total. The summed E-state index contributed by atoms with van der Waals surface area (Å²) in [7, 11) is 0. The van der Waals surface area contributed by atoms with Crippen LogP contribution in [-0.2, 0) is 13.0 Å². The Morgan fingerprint density at radius 3 is 2.33 bits per heavy atom. The van der Waals surface area contributed by atoms with E-state index in [0.29, 0.717) is 18.5 Å². The van der Waals surface area contributed by atoms with Gasteiger partial charge in [0, 0.05) is 36.6 Å². The molecule has 8 heteroatoms. The van der Waals surface area contributed by atoms with E-state index in [1.165, 1.54) is 23.5 Å². The Hall–Kier alpha value is -3.65. The number of halogens is 1. The van der Waals surface area contributed by atoms with E-state index in [2.05, 4.69) is 25.8 Å². The van der Waals surface area contributed by atoms with E-state index in [1.807, 2.05) is 24.3 Å². The van der Waals surface area contributed by atoms with Crippen molar-refractivity contribution in [2.45, 2.75) is 13.0 Å². The predicted octanol–water partition coefficient (Wildman–Crippen LogP) is 4.53. The summed E-state index contributed by atoms with van der Waals surface area (Å²) in [6, 6.07) is 17.3. The van der Waals surface area contributed by atoms with Gasteiger partial charge in [0.25, 0.3) is 5.91 Å². The van der Waals surface area contributed by atoms with Gasteiger partial charge < -0.3 is 10.6 Å². The van der Waals surface area contributed by atoms with Crippen molar-refractivity contribution in [3.63, 3.8) is 0 Å². The second-order valence-electron chi connectivity index (χ2n) is 6.54. The molecule has 150 valence electrons. The third kappa shape index (κ3) is 5.24. The highest BCUT2D eigenvalue weighted by atomic mass is 32.1. The van der Waals surface area contributed by atoms with Gasteiger partial charge in [-0.1, -0.05) is 35.6 Å². The normalized spacial score (nSPS) is 10.6. The minimum absolute atomic E-state index is 0.175. The number of nitrogens with one attached hydrogen (secondary N) is 2. The Kier molecular flexibility index (Phi) is 6.05. The summed E-state index contributed by atoms with van der Waals surface area (Å²) in [4.78, 5) is 16.1. The van der Waals surface area contributed by atoms with Crippen molar-refractivity contribution >= 4 is 28.1 Å². The molecule has 0 radical (unpaired) electrons. The average Bonchev–Trinajstić information content (AvgIpc) is 3.23. The lowest BCUT2D eigenvalue weighted by atomic mass is 10.2. The van der Waals surface area contributed by atoms with Crippen molar-refractivity contribution in [1.82, 2.24) is 15.2 Å². The summed E-state index contributed by atoms with van der Waals surface area (Å²) < 4.78 is 13.0. The van der Waals surface area contributed by atoms with Gasteiger partial charge in [0.1, 0.15) is 10.8 Å². The highest BCUT2D eigenvalue weighted by molar-refractivity contribution is 7.15. The van der Waals surface area contributed by atoms with Crippen molar-refractivity contribution in [2.75, 3.05) is 10.6 Å². The minimum atomic E-state index is -0.249. The smallest absolute Gasteiger partial charge is 0.255 e. The van der Waals surface area contributed by atoms with Gasteiger partial charge in [0.2, 0.25) is 5.13 Å². The Bertz CT molecular complexity index is 1110. The molecule has 2 aromatic carbocycles.